The van der Waals surface area contributed by atoms with Crippen LogP contribution in [0.3, 0.4) is 0 Å². The highest BCUT2D eigenvalue weighted by Gasteiger charge is 2.37. The number of benzene rings is 6. The summed E-state index contributed by atoms with van der Waals surface area (Å²) in [5.74, 6) is 1.23. The average molecular weight is 738 g/mol. The summed E-state index contributed by atoms with van der Waals surface area (Å²) < 4.78 is 2.51. The Morgan fingerprint density at radius 1 is 0.589 bits per heavy atom. The Hall–Kier alpha value is -6.36. The Kier molecular flexibility index (Phi) is 8.10. The van der Waals surface area contributed by atoms with Crippen LogP contribution >= 0.6 is 11.8 Å². The number of aromatic nitrogens is 1. The van der Waals surface area contributed by atoms with Gasteiger partial charge in [0.1, 0.15) is 5.84 Å². The van der Waals surface area contributed by atoms with Crippen molar-refractivity contribution >= 4 is 61.9 Å². The number of hydrogen-bond donors (Lipinski definition) is 1. The number of fused-ring (bicyclic) bond motifs is 6. The van der Waals surface area contributed by atoms with E-state index < -0.39 is 0 Å². The van der Waals surface area contributed by atoms with Crippen LogP contribution in [0, 0.1) is 0 Å². The molecule has 0 saturated carbocycles. The van der Waals surface area contributed by atoms with Crippen LogP contribution in [0.25, 0.3) is 44.3 Å². The fourth-order valence-corrected chi connectivity index (χ4v) is 10.4. The SMILES string of the molecule is C1=CC2c3ccccc3SC2C(n2c3ccccc3c3ccc(C4=NC(c5ccccc5)=CC(c5ccc(C6=CC=C(c7ccccc7)CC6)cc5)N4)cc32)=C1. The predicted molar refractivity (Wildman–Crippen MR) is 237 cm³/mol. The molecule has 0 fully saturated rings. The second-order valence-electron chi connectivity index (χ2n) is 15.0. The minimum absolute atomic E-state index is 0.0430. The Morgan fingerprint density at radius 3 is 2.04 bits per heavy atom. The topological polar surface area (TPSA) is 29.3 Å². The molecule has 56 heavy (non-hydrogen) atoms. The molecule has 0 radical (unpaired) electrons. The maximum absolute atomic E-state index is 5.32. The molecule has 1 aromatic heterocycles. The maximum Gasteiger partial charge on any atom is 0.134 e. The van der Waals surface area contributed by atoms with Gasteiger partial charge in [-0.1, -0.05) is 158 Å². The predicted octanol–water partition coefficient (Wildman–Crippen LogP) is 12.9. The van der Waals surface area contributed by atoms with Crippen LogP contribution in [0.4, 0.5) is 0 Å². The number of hydrogen-bond acceptors (Lipinski definition) is 3. The van der Waals surface area contributed by atoms with Crippen LogP contribution < -0.4 is 5.32 Å². The summed E-state index contributed by atoms with van der Waals surface area (Å²) in [5, 5.41) is 6.69. The molecule has 0 spiro atoms. The van der Waals surface area contributed by atoms with E-state index in [2.05, 4.69) is 198 Å². The minimum atomic E-state index is -0.0430. The zero-order valence-electron chi connectivity index (χ0n) is 30.8. The maximum atomic E-state index is 5.32. The molecule has 11 rings (SSSR count). The molecule has 2 aliphatic heterocycles. The van der Waals surface area contributed by atoms with Crippen molar-refractivity contribution in [1.29, 1.82) is 0 Å². The highest BCUT2D eigenvalue weighted by atomic mass is 32.2. The highest BCUT2D eigenvalue weighted by molar-refractivity contribution is 8.00. The fraction of sp³-hybridized carbons (Fsp3) is 0.0962. The summed E-state index contributed by atoms with van der Waals surface area (Å²) in [7, 11) is 0. The second-order valence-corrected chi connectivity index (χ2v) is 16.2. The van der Waals surface area contributed by atoms with E-state index in [4.69, 9.17) is 4.99 Å². The molecule has 268 valence electrons. The van der Waals surface area contributed by atoms with Gasteiger partial charge in [-0.25, -0.2) is 4.99 Å². The number of rotatable bonds is 6. The normalized spacial score (nSPS) is 20.0. The van der Waals surface area contributed by atoms with Crippen molar-refractivity contribution in [3.8, 4) is 0 Å². The van der Waals surface area contributed by atoms with Crippen LogP contribution in [0.5, 0.6) is 0 Å². The summed E-state index contributed by atoms with van der Waals surface area (Å²) in [6.45, 7) is 0. The van der Waals surface area contributed by atoms with Gasteiger partial charge in [0.05, 0.1) is 28.0 Å². The van der Waals surface area contributed by atoms with Gasteiger partial charge in [-0.2, -0.15) is 0 Å². The van der Waals surface area contributed by atoms with Crippen molar-refractivity contribution in [2.24, 2.45) is 4.99 Å². The Labute approximate surface area is 331 Å². The van der Waals surface area contributed by atoms with E-state index >= 15 is 0 Å². The van der Waals surface area contributed by atoms with Crippen molar-refractivity contribution in [3.63, 3.8) is 0 Å². The molecular weight excluding hydrogens is 699 g/mol. The molecular formula is C52H39N3S. The average Bonchev–Trinajstić information content (AvgIpc) is 3.83. The van der Waals surface area contributed by atoms with Gasteiger partial charge in [0.25, 0.3) is 0 Å². The van der Waals surface area contributed by atoms with Crippen LogP contribution in [-0.4, -0.2) is 15.7 Å². The molecule has 7 aromatic rings. The molecule has 3 unspecified atom stereocenters. The smallest absolute Gasteiger partial charge is 0.134 e. The molecule has 0 bridgehead atoms. The van der Waals surface area contributed by atoms with Crippen LogP contribution in [-0.2, 0) is 0 Å². The van der Waals surface area contributed by atoms with Crippen molar-refractivity contribution in [2.75, 3.05) is 0 Å². The van der Waals surface area contributed by atoms with Crippen molar-refractivity contribution in [3.05, 3.63) is 221 Å². The lowest BCUT2D eigenvalue weighted by molar-refractivity contribution is 0.780. The van der Waals surface area contributed by atoms with Crippen LogP contribution in [0.2, 0.25) is 0 Å². The first-order valence-corrected chi connectivity index (χ1v) is 20.5. The molecule has 4 aliphatic rings. The molecule has 0 amide bonds. The number of nitrogens with zero attached hydrogens (tertiary/aromatic N) is 2. The monoisotopic (exact) mass is 737 g/mol. The molecule has 3 nitrogen and oxygen atoms in total. The van der Waals surface area contributed by atoms with Gasteiger partial charge in [0.15, 0.2) is 0 Å². The van der Waals surface area contributed by atoms with E-state index in [0.717, 1.165) is 35.5 Å². The van der Waals surface area contributed by atoms with Gasteiger partial charge in [0, 0.05) is 32.8 Å². The van der Waals surface area contributed by atoms with E-state index in [0.29, 0.717) is 11.2 Å². The zero-order valence-corrected chi connectivity index (χ0v) is 31.7. The zero-order chi connectivity index (χ0) is 37.0. The van der Waals surface area contributed by atoms with E-state index in [9.17, 15) is 0 Å². The molecule has 3 atom stereocenters. The lowest BCUT2D eigenvalue weighted by Gasteiger charge is -2.26. The summed E-state index contributed by atoms with van der Waals surface area (Å²) in [6.07, 6.45) is 15.9. The first-order chi connectivity index (χ1) is 27.7. The molecule has 3 heterocycles. The minimum Gasteiger partial charge on any atom is -0.359 e. The highest BCUT2D eigenvalue weighted by Crippen LogP contribution is 2.52. The lowest BCUT2D eigenvalue weighted by atomic mass is 9.89. The standard InChI is InChI=1S/C52H39N3S/c1-3-12-34(13-4-1)35-22-24-36(25-23-35)37-26-28-39(29-27-37)46-33-45(38-14-5-2-6-15-38)53-52(54-46)40-30-31-42-41-16-7-9-19-47(41)55(49(42)32-40)48-20-11-18-44-43-17-8-10-21-50(43)56-51(44)48/h1-22,24,26-33,44,46,51H,23,25H2,(H,53,54). The number of thioether (sulfide) groups is 1. The largest absolute Gasteiger partial charge is 0.359 e. The number of nitrogens with one attached hydrogen (secondary N) is 1. The van der Waals surface area contributed by atoms with Crippen LogP contribution in [0.15, 0.2) is 198 Å². The summed E-state index contributed by atoms with van der Waals surface area (Å²) in [5.41, 5.74) is 14.9. The second kappa shape index (κ2) is 13.7. The van der Waals surface area contributed by atoms with Crippen molar-refractivity contribution < 1.29 is 0 Å². The van der Waals surface area contributed by atoms with Gasteiger partial charge in [-0.3, -0.25) is 0 Å². The first-order valence-electron chi connectivity index (χ1n) is 19.6. The Morgan fingerprint density at radius 2 is 1.25 bits per heavy atom. The number of aliphatic imine (C=N–C) groups is 1. The third-order valence-electron chi connectivity index (χ3n) is 11.8. The Bertz CT molecular complexity index is 2850. The van der Waals surface area contributed by atoms with Gasteiger partial charge < -0.3 is 9.88 Å². The van der Waals surface area contributed by atoms with E-state index in [-0.39, 0.29) is 6.04 Å². The van der Waals surface area contributed by atoms with Crippen LogP contribution in [0.1, 0.15) is 58.2 Å². The number of para-hydroxylation sites is 1. The number of allylic oxidation sites excluding steroid dienone is 7. The van der Waals surface area contributed by atoms with Gasteiger partial charge in [-0.15, -0.1) is 11.8 Å². The molecule has 4 heteroatoms. The van der Waals surface area contributed by atoms with E-state index in [1.54, 1.807) is 0 Å². The van der Waals surface area contributed by atoms with Gasteiger partial charge in [-0.05, 0) is 82.2 Å². The van der Waals surface area contributed by atoms with E-state index in [1.807, 2.05) is 11.8 Å². The third-order valence-corrected chi connectivity index (χ3v) is 13.2. The lowest BCUT2D eigenvalue weighted by Crippen LogP contribution is -2.31. The van der Waals surface area contributed by atoms with Crippen molar-refractivity contribution in [1.82, 2.24) is 9.88 Å². The quantitative estimate of drug-likeness (QED) is 0.184. The first kappa shape index (κ1) is 33.0. The van der Waals surface area contributed by atoms with E-state index in [1.165, 1.54) is 65.8 Å². The number of amidine groups is 1. The van der Waals surface area contributed by atoms with Gasteiger partial charge in [0.2, 0.25) is 0 Å². The molecule has 0 saturated heterocycles. The Balaban J connectivity index is 0.963. The molecule has 1 N–H and O–H groups in total. The van der Waals surface area contributed by atoms with Gasteiger partial charge >= 0.3 is 0 Å². The molecule has 6 aromatic carbocycles. The summed E-state index contributed by atoms with van der Waals surface area (Å²) in [6, 6.07) is 55.0. The van der Waals surface area contributed by atoms with Crippen molar-refractivity contribution in [2.45, 2.75) is 34.9 Å². The third kappa shape index (κ3) is 5.72. The summed E-state index contributed by atoms with van der Waals surface area (Å²) in [4.78, 5) is 6.70. The fourth-order valence-electron chi connectivity index (χ4n) is 8.96. The molecule has 2 aliphatic carbocycles. The summed E-state index contributed by atoms with van der Waals surface area (Å²) >= 11 is 1.99.